The number of anilines is 3. The Balaban J connectivity index is 2.16. The fourth-order valence-corrected chi connectivity index (χ4v) is 3.63. The van der Waals surface area contributed by atoms with Crippen LogP contribution in [0.15, 0.2) is 48.5 Å². The van der Waals surface area contributed by atoms with E-state index in [0.29, 0.717) is 13.1 Å². The summed E-state index contributed by atoms with van der Waals surface area (Å²) in [6.07, 6.45) is 0.277. The number of rotatable bonds is 9. The molecule has 0 saturated heterocycles. The Morgan fingerprint density at radius 3 is 2.00 bits per heavy atom. The lowest BCUT2D eigenvalue weighted by atomic mass is 10.1. The highest BCUT2D eigenvalue weighted by atomic mass is 16.2. The number of aryl methyl sites for hydroxylation is 1. The minimum Gasteiger partial charge on any atom is -0.372 e. The van der Waals surface area contributed by atoms with Gasteiger partial charge in [-0.2, -0.15) is 0 Å². The monoisotopic (exact) mass is 395 g/mol. The van der Waals surface area contributed by atoms with Crippen molar-refractivity contribution in [3.05, 3.63) is 54.1 Å². The highest BCUT2D eigenvalue weighted by molar-refractivity contribution is 5.96. The van der Waals surface area contributed by atoms with Gasteiger partial charge in [0.1, 0.15) is 0 Å². The summed E-state index contributed by atoms with van der Waals surface area (Å²) in [5.41, 5.74) is 3.93. The summed E-state index contributed by atoms with van der Waals surface area (Å²) < 4.78 is 0. The smallest absolute Gasteiger partial charge is 0.228 e. The Morgan fingerprint density at radius 2 is 1.48 bits per heavy atom. The second-order valence-electron chi connectivity index (χ2n) is 7.04. The van der Waals surface area contributed by atoms with Gasteiger partial charge in [0.2, 0.25) is 11.8 Å². The van der Waals surface area contributed by atoms with E-state index >= 15 is 0 Å². The molecule has 0 aliphatic carbocycles. The van der Waals surface area contributed by atoms with Crippen molar-refractivity contribution in [2.24, 2.45) is 0 Å². The molecule has 2 rings (SSSR count). The lowest BCUT2D eigenvalue weighted by Crippen LogP contribution is -2.36. The zero-order valence-electron chi connectivity index (χ0n) is 18.3. The Bertz CT molecular complexity index is 816. The van der Waals surface area contributed by atoms with Crippen molar-refractivity contribution in [1.29, 1.82) is 0 Å². The van der Waals surface area contributed by atoms with Crippen molar-refractivity contribution < 1.29 is 9.59 Å². The van der Waals surface area contributed by atoms with Crippen LogP contribution >= 0.6 is 0 Å². The van der Waals surface area contributed by atoms with Gasteiger partial charge in [-0.15, -0.1) is 0 Å². The van der Waals surface area contributed by atoms with E-state index in [1.165, 1.54) is 0 Å². The number of carbonyl (C=O) groups is 2. The molecular weight excluding hydrogens is 362 g/mol. The summed E-state index contributed by atoms with van der Waals surface area (Å²) in [6, 6.07) is 15.8. The average Bonchev–Trinajstić information content (AvgIpc) is 2.71. The molecule has 2 aromatic carbocycles. The molecule has 0 aliphatic rings. The number of nitrogens with zero attached hydrogens (tertiary/aromatic N) is 3. The highest BCUT2D eigenvalue weighted by Crippen LogP contribution is 2.26. The molecule has 5 heteroatoms. The number of hydrogen-bond acceptors (Lipinski definition) is 3. The number of para-hydroxylation sites is 1. The topological polar surface area (TPSA) is 43.9 Å². The zero-order chi connectivity index (χ0) is 21.4. The molecule has 0 saturated carbocycles. The van der Waals surface area contributed by atoms with Crippen molar-refractivity contribution in [2.45, 2.75) is 41.0 Å². The van der Waals surface area contributed by atoms with Crippen LogP contribution in [-0.2, 0) is 9.59 Å². The zero-order valence-corrected chi connectivity index (χ0v) is 18.3. The van der Waals surface area contributed by atoms with Gasteiger partial charge < -0.3 is 14.7 Å². The maximum absolute atomic E-state index is 12.8. The Labute approximate surface area is 174 Å². The van der Waals surface area contributed by atoms with Gasteiger partial charge in [-0.1, -0.05) is 18.2 Å². The number of benzene rings is 2. The molecule has 2 aromatic rings. The number of carbonyl (C=O) groups excluding carboxylic acids is 2. The molecule has 0 heterocycles. The average molecular weight is 396 g/mol. The van der Waals surface area contributed by atoms with Crippen LogP contribution in [0.4, 0.5) is 17.1 Å². The van der Waals surface area contributed by atoms with Crippen LogP contribution in [0.5, 0.6) is 0 Å². The van der Waals surface area contributed by atoms with Crippen molar-refractivity contribution in [2.75, 3.05) is 40.9 Å². The fourth-order valence-electron chi connectivity index (χ4n) is 3.63. The van der Waals surface area contributed by atoms with E-state index in [4.69, 9.17) is 0 Å². The van der Waals surface area contributed by atoms with Crippen LogP contribution in [0, 0.1) is 6.92 Å². The Morgan fingerprint density at radius 1 is 0.828 bits per heavy atom. The van der Waals surface area contributed by atoms with Crippen LogP contribution in [0.1, 0.15) is 39.7 Å². The van der Waals surface area contributed by atoms with Gasteiger partial charge in [-0.3, -0.25) is 9.59 Å². The molecule has 2 amide bonds. The van der Waals surface area contributed by atoms with Gasteiger partial charge in [0, 0.05) is 56.6 Å². The molecule has 0 aliphatic heterocycles. The standard InChI is InChI=1S/C24H33N3O2/c1-6-25(7-2)22-14-15-23(19(4)18-22)27(20(5)28)17-16-24(29)26(8-3)21-12-10-9-11-13-21/h9-15,18H,6-8,16-17H2,1-5H3. The predicted molar refractivity (Wildman–Crippen MR) is 122 cm³/mol. The summed E-state index contributed by atoms with van der Waals surface area (Å²) in [7, 11) is 0. The van der Waals surface area contributed by atoms with Gasteiger partial charge in [0.05, 0.1) is 0 Å². The van der Waals surface area contributed by atoms with Crippen molar-refractivity contribution in [1.82, 2.24) is 0 Å². The second kappa shape index (κ2) is 10.6. The Hall–Kier alpha value is -2.82. The molecule has 0 fully saturated rings. The number of hydrogen-bond donors (Lipinski definition) is 0. The summed E-state index contributed by atoms with van der Waals surface area (Å²) in [4.78, 5) is 30.9. The SMILES string of the molecule is CCN(CC)c1ccc(N(CCC(=O)N(CC)c2ccccc2)C(C)=O)c(C)c1. The van der Waals surface area contributed by atoms with E-state index in [9.17, 15) is 9.59 Å². The maximum Gasteiger partial charge on any atom is 0.228 e. The molecule has 0 spiro atoms. The van der Waals surface area contributed by atoms with E-state index < -0.39 is 0 Å². The first-order valence-electron chi connectivity index (χ1n) is 10.4. The maximum atomic E-state index is 12.8. The highest BCUT2D eigenvalue weighted by Gasteiger charge is 2.19. The van der Waals surface area contributed by atoms with Crippen LogP contribution in [0.2, 0.25) is 0 Å². The van der Waals surface area contributed by atoms with Crippen LogP contribution in [0.3, 0.4) is 0 Å². The normalized spacial score (nSPS) is 10.5. The van der Waals surface area contributed by atoms with Crippen molar-refractivity contribution in [3.8, 4) is 0 Å². The third kappa shape index (κ3) is 5.59. The second-order valence-corrected chi connectivity index (χ2v) is 7.04. The summed E-state index contributed by atoms with van der Waals surface area (Å²) in [5, 5.41) is 0. The van der Waals surface area contributed by atoms with E-state index in [2.05, 4.69) is 30.9 Å². The Kier molecular flexibility index (Phi) is 8.25. The van der Waals surface area contributed by atoms with Gasteiger partial charge >= 0.3 is 0 Å². The lowest BCUT2D eigenvalue weighted by Gasteiger charge is -2.27. The predicted octanol–water partition coefficient (Wildman–Crippen LogP) is 4.64. The fraction of sp³-hybridized carbons (Fsp3) is 0.417. The van der Waals surface area contributed by atoms with Crippen LogP contribution < -0.4 is 14.7 Å². The molecular formula is C24H33N3O2. The third-order valence-electron chi connectivity index (χ3n) is 5.21. The molecule has 0 N–H and O–H groups in total. The minimum absolute atomic E-state index is 0.0161. The molecule has 0 radical (unpaired) electrons. The van der Waals surface area contributed by atoms with Crippen LogP contribution in [-0.4, -0.2) is 38.0 Å². The van der Waals surface area contributed by atoms with E-state index in [1.54, 1.807) is 16.7 Å². The van der Waals surface area contributed by atoms with E-state index in [0.717, 1.165) is 35.7 Å². The van der Waals surface area contributed by atoms with Crippen molar-refractivity contribution in [3.63, 3.8) is 0 Å². The quantitative estimate of drug-likeness (QED) is 0.621. The van der Waals surface area contributed by atoms with Gasteiger partial charge in [0.25, 0.3) is 0 Å². The third-order valence-corrected chi connectivity index (χ3v) is 5.21. The lowest BCUT2D eigenvalue weighted by molar-refractivity contribution is -0.118. The minimum atomic E-state index is -0.0563. The van der Waals surface area contributed by atoms with E-state index in [-0.39, 0.29) is 18.2 Å². The molecule has 156 valence electrons. The summed E-state index contributed by atoms with van der Waals surface area (Å²) in [6.45, 7) is 12.6. The molecule has 0 bridgehead atoms. The molecule has 29 heavy (non-hydrogen) atoms. The van der Waals surface area contributed by atoms with E-state index in [1.807, 2.05) is 50.2 Å². The summed E-state index contributed by atoms with van der Waals surface area (Å²) >= 11 is 0. The van der Waals surface area contributed by atoms with Gasteiger partial charge in [-0.25, -0.2) is 0 Å². The van der Waals surface area contributed by atoms with Gasteiger partial charge in [0.15, 0.2) is 0 Å². The first-order chi connectivity index (χ1) is 13.9. The first-order valence-corrected chi connectivity index (χ1v) is 10.4. The largest absolute Gasteiger partial charge is 0.372 e. The van der Waals surface area contributed by atoms with Crippen LogP contribution in [0.25, 0.3) is 0 Å². The molecule has 5 nitrogen and oxygen atoms in total. The first kappa shape index (κ1) is 22.5. The summed E-state index contributed by atoms with van der Waals surface area (Å²) in [5.74, 6) is -0.0402. The molecule has 0 aromatic heterocycles. The molecule has 0 atom stereocenters. The molecule has 0 unspecified atom stereocenters. The van der Waals surface area contributed by atoms with Gasteiger partial charge in [-0.05, 0) is 63.6 Å². The van der Waals surface area contributed by atoms with Crippen molar-refractivity contribution >= 4 is 28.9 Å². The number of amides is 2.